The van der Waals surface area contributed by atoms with Crippen LogP contribution in [0.25, 0.3) is 0 Å². The maximum Gasteiger partial charge on any atom is 0.155 e. The molecule has 1 aromatic rings. The topological polar surface area (TPSA) is 66.8 Å². The normalized spacial score (nSPS) is 24.6. The lowest BCUT2D eigenvalue weighted by Crippen LogP contribution is -2.48. The second-order valence-electron chi connectivity index (χ2n) is 3.99. The van der Waals surface area contributed by atoms with Crippen molar-refractivity contribution < 1.29 is 18.4 Å². The van der Waals surface area contributed by atoms with Gasteiger partial charge >= 0.3 is 0 Å². The summed E-state index contributed by atoms with van der Waals surface area (Å²) < 4.78 is 22.5. The summed E-state index contributed by atoms with van der Waals surface area (Å²) in [6, 6.07) is 9.53. The summed E-state index contributed by atoms with van der Waals surface area (Å²) in [5.74, 6) is -0.235. The van der Waals surface area contributed by atoms with E-state index in [0.717, 1.165) is 5.56 Å². The molecule has 1 aliphatic heterocycles. The molecule has 1 fully saturated rings. The van der Waals surface area contributed by atoms with E-state index in [1.165, 1.54) is 5.06 Å². The van der Waals surface area contributed by atoms with E-state index in [-0.39, 0.29) is 18.1 Å². The zero-order valence-electron chi connectivity index (χ0n) is 9.32. The Bertz CT molecular complexity index is 460. The minimum Gasteiger partial charge on any atom is -0.375 e. The summed E-state index contributed by atoms with van der Waals surface area (Å²) in [4.78, 5) is 5.39. The van der Waals surface area contributed by atoms with E-state index in [0.29, 0.717) is 6.61 Å². The lowest BCUT2D eigenvalue weighted by atomic mass is 10.2. The van der Waals surface area contributed by atoms with Crippen LogP contribution in [0.1, 0.15) is 5.56 Å². The predicted molar refractivity (Wildman–Crippen MR) is 62.6 cm³/mol. The standard InChI is InChI=1S/C11H15NO4S/c13-11-9-17(14,15)7-6-12(11)16-8-10-4-2-1-3-5-10/h1-5,11,13H,6-9H2. The van der Waals surface area contributed by atoms with Crippen LogP contribution >= 0.6 is 0 Å². The fraction of sp³-hybridized carbons (Fsp3) is 0.455. The van der Waals surface area contributed by atoms with Gasteiger partial charge in [0.15, 0.2) is 9.84 Å². The Balaban J connectivity index is 1.89. The quantitative estimate of drug-likeness (QED) is 0.836. The third-order valence-corrected chi connectivity index (χ3v) is 4.21. The molecule has 0 radical (unpaired) electrons. The number of hydroxylamine groups is 2. The lowest BCUT2D eigenvalue weighted by molar-refractivity contribution is -0.239. The van der Waals surface area contributed by atoms with E-state index in [1.807, 2.05) is 30.3 Å². The number of aliphatic hydroxyl groups excluding tert-OH is 1. The lowest BCUT2D eigenvalue weighted by Gasteiger charge is -2.30. The Morgan fingerprint density at radius 2 is 2.06 bits per heavy atom. The van der Waals surface area contributed by atoms with Gasteiger partial charge in [-0.3, -0.25) is 4.84 Å². The van der Waals surface area contributed by atoms with Crippen molar-refractivity contribution in [2.75, 3.05) is 18.1 Å². The second-order valence-corrected chi connectivity index (χ2v) is 6.22. The molecular weight excluding hydrogens is 242 g/mol. The van der Waals surface area contributed by atoms with Crippen molar-refractivity contribution in [3.63, 3.8) is 0 Å². The van der Waals surface area contributed by atoms with Crippen molar-refractivity contribution in [1.29, 1.82) is 0 Å². The van der Waals surface area contributed by atoms with Gasteiger partial charge in [-0.15, -0.1) is 0 Å². The average Bonchev–Trinajstić information content (AvgIpc) is 2.28. The summed E-state index contributed by atoms with van der Waals surface area (Å²) >= 11 is 0. The third kappa shape index (κ3) is 3.50. The number of aliphatic hydroxyl groups is 1. The van der Waals surface area contributed by atoms with Crippen LogP contribution in [0, 0.1) is 0 Å². The zero-order chi connectivity index (χ0) is 12.3. The molecular formula is C11H15NO4S. The van der Waals surface area contributed by atoms with E-state index in [4.69, 9.17) is 4.84 Å². The molecule has 6 heteroatoms. The molecule has 1 aliphatic rings. The van der Waals surface area contributed by atoms with Gasteiger partial charge in [-0.05, 0) is 5.56 Å². The predicted octanol–water partition coefficient (Wildman–Crippen LogP) is 0.167. The zero-order valence-corrected chi connectivity index (χ0v) is 10.1. The molecule has 1 heterocycles. The Kier molecular flexibility index (Phi) is 3.78. The molecule has 0 aliphatic carbocycles. The highest BCUT2D eigenvalue weighted by molar-refractivity contribution is 7.91. The van der Waals surface area contributed by atoms with Gasteiger partial charge in [-0.25, -0.2) is 8.42 Å². The van der Waals surface area contributed by atoms with Crippen molar-refractivity contribution in [1.82, 2.24) is 5.06 Å². The number of nitrogens with zero attached hydrogens (tertiary/aromatic N) is 1. The molecule has 0 aromatic heterocycles. The molecule has 0 spiro atoms. The number of benzene rings is 1. The van der Waals surface area contributed by atoms with Gasteiger partial charge in [0.25, 0.3) is 0 Å². The maximum absolute atomic E-state index is 11.2. The van der Waals surface area contributed by atoms with Crippen molar-refractivity contribution in [2.45, 2.75) is 12.8 Å². The Morgan fingerprint density at radius 3 is 2.71 bits per heavy atom. The molecule has 1 aromatic carbocycles. The van der Waals surface area contributed by atoms with Gasteiger partial charge in [-0.1, -0.05) is 30.3 Å². The highest BCUT2D eigenvalue weighted by atomic mass is 32.2. The summed E-state index contributed by atoms with van der Waals surface area (Å²) in [7, 11) is -3.12. The average molecular weight is 257 g/mol. The first-order valence-corrected chi connectivity index (χ1v) is 7.21. The number of hydrogen-bond acceptors (Lipinski definition) is 5. The molecule has 5 nitrogen and oxygen atoms in total. The fourth-order valence-electron chi connectivity index (χ4n) is 1.65. The van der Waals surface area contributed by atoms with Gasteiger partial charge in [0.2, 0.25) is 0 Å². The largest absolute Gasteiger partial charge is 0.375 e. The van der Waals surface area contributed by atoms with Gasteiger partial charge < -0.3 is 5.11 Å². The molecule has 1 unspecified atom stereocenters. The van der Waals surface area contributed by atoms with Crippen LogP contribution in [0.15, 0.2) is 30.3 Å². The van der Waals surface area contributed by atoms with Gasteiger partial charge in [0.1, 0.15) is 6.23 Å². The van der Waals surface area contributed by atoms with Crippen LogP contribution in [-0.2, 0) is 21.3 Å². The summed E-state index contributed by atoms with van der Waals surface area (Å²) in [6.45, 7) is 0.536. The van der Waals surface area contributed by atoms with Crippen LogP contribution in [0.2, 0.25) is 0 Å². The molecule has 0 amide bonds. The van der Waals surface area contributed by atoms with Crippen LogP contribution < -0.4 is 0 Å². The summed E-state index contributed by atoms with van der Waals surface area (Å²) in [5.41, 5.74) is 0.980. The minimum absolute atomic E-state index is 0.0266. The van der Waals surface area contributed by atoms with E-state index in [1.54, 1.807) is 0 Å². The van der Waals surface area contributed by atoms with Gasteiger partial charge in [0.05, 0.1) is 18.1 Å². The van der Waals surface area contributed by atoms with Crippen molar-refractivity contribution in [3.8, 4) is 0 Å². The Labute approximate surface area is 100 Å². The minimum atomic E-state index is -3.12. The second kappa shape index (κ2) is 5.14. The van der Waals surface area contributed by atoms with E-state index >= 15 is 0 Å². The number of sulfone groups is 1. The monoisotopic (exact) mass is 257 g/mol. The number of rotatable bonds is 3. The summed E-state index contributed by atoms with van der Waals surface area (Å²) in [5, 5.41) is 10.9. The molecule has 0 saturated carbocycles. The third-order valence-electron chi connectivity index (χ3n) is 2.60. The van der Waals surface area contributed by atoms with Crippen molar-refractivity contribution >= 4 is 9.84 Å². The molecule has 0 bridgehead atoms. The van der Waals surface area contributed by atoms with Gasteiger partial charge in [0, 0.05) is 6.54 Å². The Morgan fingerprint density at radius 1 is 1.35 bits per heavy atom. The molecule has 1 atom stereocenters. The SMILES string of the molecule is O=S1(=O)CCN(OCc2ccccc2)C(O)C1. The maximum atomic E-state index is 11.2. The van der Waals surface area contributed by atoms with Crippen LogP contribution in [0.4, 0.5) is 0 Å². The van der Waals surface area contributed by atoms with E-state index < -0.39 is 16.1 Å². The first-order chi connectivity index (χ1) is 8.07. The first kappa shape index (κ1) is 12.5. The highest BCUT2D eigenvalue weighted by Crippen LogP contribution is 2.12. The van der Waals surface area contributed by atoms with Crippen LogP contribution in [0.5, 0.6) is 0 Å². The van der Waals surface area contributed by atoms with Gasteiger partial charge in [-0.2, -0.15) is 5.06 Å². The smallest absolute Gasteiger partial charge is 0.155 e. The summed E-state index contributed by atoms with van der Waals surface area (Å²) in [6.07, 6.45) is -1.07. The molecule has 94 valence electrons. The van der Waals surface area contributed by atoms with Crippen molar-refractivity contribution in [3.05, 3.63) is 35.9 Å². The fourth-order valence-corrected chi connectivity index (χ4v) is 2.90. The highest BCUT2D eigenvalue weighted by Gasteiger charge is 2.30. The van der Waals surface area contributed by atoms with Crippen LogP contribution in [0.3, 0.4) is 0 Å². The molecule has 1 saturated heterocycles. The number of hydrogen-bond donors (Lipinski definition) is 1. The van der Waals surface area contributed by atoms with Crippen LogP contribution in [-0.4, -0.2) is 42.9 Å². The van der Waals surface area contributed by atoms with Crippen molar-refractivity contribution in [2.24, 2.45) is 0 Å². The Hall–Kier alpha value is -0.950. The van der Waals surface area contributed by atoms with E-state index in [2.05, 4.69) is 0 Å². The molecule has 2 rings (SSSR count). The molecule has 17 heavy (non-hydrogen) atoms. The van der Waals surface area contributed by atoms with E-state index in [9.17, 15) is 13.5 Å². The molecule has 1 N–H and O–H groups in total. The first-order valence-electron chi connectivity index (χ1n) is 5.39.